The first-order chi connectivity index (χ1) is 9.27. The van der Waals surface area contributed by atoms with Crippen LogP contribution in [-0.4, -0.2) is 30.5 Å². The normalized spacial score (nSPS) is 12.8. The van der Waals surface area contributed by atoms with E-state index in [9.17, 15) is 21.6 Å². The van der Waals surface area contributed by atoms with Crippen LogP contribution in [0.15, 0.2) is 24.3 Å². The van der Waals surface area contributed by atoms with Gasteiger partial charge in [0.2, 0.25) is 10.0 Å². The lowest BCUT2D eigenvalue weighted by Gasteiger charge is -2.07. The molecule has 2 aromatic rings. The quantitative estimate of drug-likeness (QED) is 0.891. The van der Waals surface area contributed by atoms with Gasteiger partial charge in [-0.2, -0.15) is 18.3 Å². The van der Waals surface area contributed by atoms with Gasteiger partial charge < -0.3 is 0 Å². The Morgan fingerprint density at radius 2 is 1.95 bits per heavy atom. The number of sulfonamides is 1. The molecule has 0 atom stereocenters. The van der Waals surface area contributed by atoms with E-state index in [0.29, 0.717) is 10.9 Å². The number of H-pyrrole nitrogens is 1. The van der Waals surface area contributed by atoms with Crippen LogP contribution in [0.4, 0.5) is 19.0 Å². The molecule has 2 rings (SSSR count). The second-order valence-corrected chi connectivity index (χ2v) is 6.10. The van der Waals surface area contributed by atoms with Gasteiger partial charge in [0.1, 0.15) is 0 Å². The molecule has 1 heterocycles. The zero-order valence-corrected chi connectivity index (χ0v) is 11.1. The molecule has 0 aliphatic rings. The number of halogens is 3. The van der Waals surface area contributed by atoms with Gasteiger partial charge in [-0.1, -0.05) is 12.1 Å². The zero-order chi connectivity index (χ0) is 14.8. The molecule has 0 unspecified atom stereocenters. The maximum atomic E-state index is 12.0. The number of anilines is 1. The highest BCUT2D eigenvalue weighted by Gasteiger charge is 2.27. The predicted molar refractivity (Wildman–Crippen MR) is 68.8 cm³/mol. The predicted octanol–water partition coefficient (Wildman–Crippen LogP) is 2.65. The molecule has 0 amide bonds. The van der Waals surface area contributed by atoms with Crippen molar-refractivity contribution in [1.29, 1.82) is 0 Å². The number of hydrogen-bond acceptors (Lipinski definition) is 3. The number of alkyl halides is 3. The van der Waals surface area contributed by atoms with Crippen molar-refractivity contribution in [3.63, 3.8) is 0 Å². The van der Waals surface area contributed by atoms with Crippen molar-refractivity contribution < 1.29 is 21.6 Å². The van der Waals surface area contributed by atoms with E-state index < -0.39 is 34.8 Å². The fraction of sp³-hybridized carbons (Fsp3) is 0.364. The third kappa shape index (κ3) is 3.86. The van der Waals surface area contributed by atoms with Crippen LogP contribution in [0.2, 0.25) is 0 Å². The standard InChI is InChI=1S/C11H12F3N3O2S/c12-11(13,14)6-3-7-20(18,19)17-10-8-4-1-2-5-9(8)15-16-10/h1-2,4-5H,3,6-7H2,(H2,15,16,17). The average molecular weight is 307 g/mol. The fourth-order valence-corrected chi connectivity index (χ4v) is 2.78. The van der Waals surface area contributed by atoms with Crippen LogP contribution >= 0.6 is 0 Å². The molecule has 2 N–H and O–H groups in total. The highest BCUT2D eigenvalue weighted by Crippen LogP contribution is 2.23. The largest absolute Gasteiger partial charge is 0.389 e. The first-order valence-corrected chi connectivity index (χ1v) is 7.42. The van der Waals surface area contributed by atoms with E-state index in [1.165, 1.54) is 0 Å². The number of nitrogens with zero attached hydrogens (tertiary/aromatic N) is 1. The molecule has 0 aliphatic carbocycles. The summed E-state index contributed by atoms with van der Waals surface area (Å²) in [7, 11) is -3.85. The van der Waals surface area contributed by atoms with E-state index in [1.54, 1.807) is 24.3 Å². The summed E-state index contributed by atoms with van der Waals surface area (Å²) >= 11 is 0. The van der Waals surface area contributed by atoms with Crippen molar-refractivity contribution in [3.05, 3.63) is 24.3 Å². The summed E-state index contributed by atoms with van der Waals surface area (Å²) in [6.45, 7) is 0. The number of nitrogens with one attached hydrogen (secondary N) is 2. The Hall–Kier alpha value is -1.77. The number of rotatable bonds is 5. The minimum absolute atomic E-state index is 0.0904. The Labute approximate surface area is 113 Å². The number of para-hydroxylation sites is 1. The van der Waals surface area contributed by atoms with Gasteiger partial charge in [0.25, 0.3) is 0 Å². The molecule has 0 saturated carbocycles. The summed E-state index contributed by atoms with van der Waals surface area (Å²) < 4.78 is 61.5. The number of aromatic amines is 1. The molecule has 0 fully saturated rings. The molecule has 0 radical (unpaired) electrons. The molecule has 110 valence electrons. The van der Waals surface area contributed by atoms with Crippen LogP contribution in [0.25, 0.3) is 10.9 Å². The van der Waals surface area contributed by atoms with Gasteiger partial charge in [-0.05, 0) is 18.6 Å². The van der Waals surface area contributed by atoms with Gasteiger partial charge in [-0.3, -0.25) is 9.82 Å². The SMILES string of the molecule is O=S(=O)(CCCC(F)(F)F)Nc1n[nH]c2ccccc12. The highest BCUT2D eigenvalue weighted by atomic mass is 32.2. The van der Waals surface area contributed by atoms with E-state index in [-0.39, 0.29) is 5.82 Å². The third-order valence-electron chi connectivity index (χ3n) is 2.60. The number of fused-ring (bicyclic) bond motifs is 1. The summed E-state index contributed by atoms with van der Waals surface area (Å²) in [5.74, 6) is -0.513. The lowest BCUT2D eigenvalue weighted by molar-refractivity contribution is -0.134. The summed E-state index contributed by atoms with van der Waals surface area (Å²) in [5, 5.41) is 7.00. The Morgan fingerprint density at radius 3 is 2.65 bits per heavy atom. The van der Waals surface area contributed by atoms with E-state index in [4.69, 9.17) is 0 Å². The van der Waals surface area contributed by atoms with Crippen molar-refractivity contribution in [2.24, 2.45) is 0 Å². The zero-order valence-electron chi connectivity index (χ0n) is 10.2. The molecule has 9 heteroatoms. The first-order valence-electron chi connectivity index (χ1n) is 5.77. The van der Waals surface area contributed by atoms with Crippen LogP contribution in [0, 0.1) is 0 Å². The number of aromatic nitrogens is 2. The number of hydrogen-bond donors (Lipinski definition) is 2. The molecule has 0 aliphatic heterocycles. The van der Waals surface area contributed by atoms with Gasteiger partial charge in [-0.15, -0.1) is 0 Å². The van der Waals surface area contributed by atoms with Crippen LogP contribution in [0.1, 0.15) is 12.8 Å². The van der Waals surface area contributed by atoms with Crippen molar-refractivity contribution >= 4 is 26.7 Å². The molecule has 20 heavy (non-hydrogen) atoms. The van der Waals surface area contributed by atoms with Gasteiger partial charge in [0.15, 0.2) is 5.82 Å². The Morgan fingerprint density at radius 1 is 1.25 bits per heavy atom. The lowest BCUT2D eigenvalue weighted by atomic mass is 10.2. The number of benzene rings is 1. The maximum absolute atomic E-state index is 12.0. The van der Waals surface area contributed by atoms with Gasteiger partial charge >= 0.3 is 6.18 Å². The molecular weight excluding hydrogens is 295 g/mol. The molecule has 5 nitrogen and oxygen atoms in total. The maximum Gasteiger partial charge on any atom is 0.389 e. The first kappa shape index (κ1) is 14.6. The van der Waals surface area contributed by atoms with Crippen molar-refractivity contribution in [1.82, 2.24) is 10.2 Å². The van der Waals surface area contributed by atoms with Crippen LogP contribution in [0.3, 0.4) is 0 Å². The minimum atomic E-state index is -4.35. The molecule has 0 bridgehead atoms. The summed E-state index contributed by atoms with van der Waals surface area (Å²) in [6, 6.07) is 6.83. The van der Waals surface area contributed by atoms with E-state index in [1.807, 2.05) is 0 Å². The summed E-state index contributed by atoms with van der Waals surface area (Å²) in [5.41, 5.74) is 0.639. The lowest BCUT2D eigenvalue weighted by Crippen LogP contribution is -2.19. The molecule has 1 aromatic heterocycles. The third-order valence-corrected chi connectivity index (χ3v) is 3.93. The van der Waals surface area contributed by atoms with Gasteiger partial charge in [0, 0.05) is 11.8 Å². The Kier molecular flexibility index (Phi) is 3.89. The Bertz CT molecular complexity index is 694. The van der Waals surface area contributed by atoms with Crippen molar-refractivity contribution in [2.75, 3.05) is 10.5 Å². The minimum Gasteiger partial charge on any atom is -0.276 e. The summed E-state index contributed by atoms with van der Waals surface area (Å²) in [6.07, 6.45) is -5.97. The van der Waals surface area contributed by atoms with Crippen molar-refractivity contribution in [3.8, 4) is 0 Å². The van der Waals surface area contributed by atoms with Crippen LogP contribution in [-0.2, 0) is 10.0 Å². The van der Waals surface area contributed by atoms with E-state index in [0.717, 1.165) is 0 Å². The van der Waals surface area contributed by atoms with E-state index >= 15 is 0 Å². The fourth-order valence-electron chi connectivity index (χ4n) is 1.70. The van der Waals surface area contributed by atoms with Gasteiger partial charge in [0.05, 0.1) is 11.3 Å². The topological polar surface area (TPSA) is 74.8 Å². The molecule has 0 saturated heterocycles. The highest BCUT2D eigenvalue weighted by molar-refractivity contribution is 7.92. The van der Waals surface area contributed by atoms with E-state index in [2.05, 4.69) is 14.9 Å². The second-order valence-electron chi connectivity index (χ2n) is 4.26. The van der Waals surface area contributed by atoms with Crippen LogP contribution < -0.4 is 4.72 Å². The van der Waals surface area contributed by atoms with Gasteiger partial charge in [-0.25, -0.2) is 8.42 Å². The Balaban J connectivity index is 2.05. The van der Waals surface area contributed by atoms with Crippen molar-refractivity contribution in [2.45, 2.75) is 19.0 Å². The second kappa shape index (κ2) is 5.31. The molecule has 0 spiro atoms. The smallest absolute Gasteiger partial charge is 0.276 e. The monoisotopic (exact) mass is 307 g/mol. The molecular formula is C11H12F3N3O2S. The average Bonchev–Trinajstić information content (AvgIpc) is 2.70. The molecule has 1 aromatic carbocycles. The summed E-state index contributed by atoms with van der Waals surface area (Å²) in [4.78, 5) is 0. The van der Waals surface area contributed by atoms with Crippen LogP contribution in [0.5, 0.6) is 0 Å².